The molecule has 1 aliphatic heterocycles. The second kappa shape index (κ2) is 2.64. The van der Waals surface area contributed by atoms with Gasteiger partial charge in [0.1, 0.15) is 6.61 Å². The zero-order valence-electron chi connectivity index (χ0n) is 7.43. The highest BCUT2D eigenvalue weighted by Crippen LogP contribution is 2.47. The molecule has 68 valence electrons. The summed E-state index contributed by atoms with van der Waals surface area (Å²) in [6.07, 6.45) is 4.72. The summed E-state index contributed by atoms with van der Waals surface area (Å²) in [6.45, 7) is 2.77. The summed E-state index contributed by atoms with van der Waals surface area (Å²) < 4.78 is 4.90. The van der Waals surface area contributed by atoms with Crippen LogP contribution in [0, 0.1) is 5.41 Å². The van der Waals surface area contributed by atoms with E-state index in [0.717, 1.165) is 6.42 Å². The number of alkyl carbamates (subject to hydrolysis) is 1. The highest BCUT2D eigenvalue weighted by molar-refractivity contribution is 5.69. The first kappa shape index (κ1) is 7.90. The molecule has 2 fully saturated rings. The summed E-state index contributed by atoms with van der Waals surface area (Å²) in [4.78, 5) is 10.8. The third kappa shape index (κ3) is 0.993. The number of amides is 1. The van der Waals surface area contributed by atoms with E-state index in [1.165, 1.54) is 19.3 Å². The number of carbonyl (C=O) groups is 1. The van der Waals surface area contributed by atoms with Gasteiger partial charge in [-0.05, 0) is 24.7 Å². The summed E-state index contributed by atoms with van der Waals surface area (Å²) in [5.74, 6) is 0. The minimum Gasteiger partial charge on any atom is -0.447 e. The van der Waals surface area contributed by atoms with Crippen molar-refractivity contribution < 1.29 is 9.53 Å². The van der Waals surface area contributed by atoms with Crippen molar-refractivity contribution in [3.63, 3.8) is 0 Å². The average Bonchev–Trinajstić information content (AvgIpc) is 2.35. The van der Waals surface area contributed by atoms with Gasteiger partial charge in [-0.1, -0.05) is 13.3 Å². The van der Waals surface area contributed by atoms with Gasteiger partial charge in [0.25, 0.3) is 0 Å². The van der Waals surface area contributed by atoms with E-state index in [9.17, 15) is 4.79 Å². The highest BCUT2D eigenvalue weighted by atomic mass is 16.6. The zero-order valence-corrected chi connectivity index (χ0v) is 7.43. The van der Waals surface area contributed by atoms with Crippen LogP contribution in [0.4, 0.5) is 4.79 Å². The topological polar surface area (TPSA) is 38.3 Å². The maximum absolute atomic E-state index is 10.8. The zero-order chi connectivity index (χ0) is 8.60. The third-order valence-electron chi connectivity index (χ3n) is 3.47. The fraction of sp³-hybridized carbons (Fsp3) is 0.889. The Bertz CT molecular complexity index is 193. The van der Waals surface area contributed by atoms with E-state index >= 15 is 0 Å². The fourth-order valence-electron chi connectivity index (χ4n) is 2.29. The number of cyclic esters (lactones) is 1. The lowest BCUT2D eigenvalue weighted by Gasteiger charge is -2.44. The summed E-state index contributed by atoms with van der Waals surface area (Å²) in [5, 5.41) is 2.89. The van der Waals surface area contributed by atoms with E-state index in [-0.39, 0.29) is 12.1 Å². The lowest BCUT2D eigenvalue weighted by Crippen LogP contribution is -2.48. The molecule has 1 heterocycles. The number of hydrogen-bond donors (Lipinski definition) is 1. The lowest BCUT2D eigenvalue weighted by molar-refractivity contribution is 0.0706. The van der Waals surface area contributed by atoms with Crippen molar-refractivity contribution in [2.24, 2.45) is 5.41 Å². The Labute approximate surface area is 72.5 Å². The number of nitrogens with one attached hydrogen (secondary N) is 1. The van der Waals surface area contributed by atoms with Gasteiger partial charge in [0, 0.05) is 0 Å². The Morgan fingerprint density at radius 1 is 1.67 bits per heavy atom. The molecule has 3 heteroatoms. The van der Waals surface area contributed by atoms with E-state index < -0.39 is 0 Å². The van der Waals surface area contributed by atoms with Gasteiger partial charge in [-0.3, -0.25) is 0 Å². The highest BCUT2D eigenvalue weighted by Gasteiger charge is 2.46. The Morgan fingerprint density at radius 3 is 2.75 bits per heavy atom. The SMILES string of the molecule is CCC1(C2COC(=O)N2)CCC1. The Hall–Kier alpha value is -0.730. The Kier molecular flexibility index (Phi) is 1.74. The molecule has 2 aliphatic rings. The van der Waals surface area contributed by atoms with Crippen LogP contribution in [0.3, 0.4) is 0 Å². The van der Waals surface area contributed by atoms with Crippen molar-refractivity contribution in [3.05, 3.63) is 0 Å². The second-order valence-electron chi connectivity index (χ2n) is 3.86. The predicted molar refractivity (Wildman–Crippen MR) is 44.8 cm³/mol. The van der Waals surface area contributed by atoms with Gasteiger partial charge in [0.2, 0.25) is 0 Å². The van der Waals surface area contributed by atoms with Crippen molar-refractivity contribution >= 4 is 6.09 Å². The van der Waals surface area contributed by atoms with Crippen LogP contribution >= 0.6 is 0 Å². The first-order valence-corrected chi connectivity index (χ1v) is 4.70. The molecule has 2 rings (SSSR count). The molecular weight excluding hydrogens is 154 g/mol. The molecule has 0 aromatic rings. The Morgan fingerprint density at radius 2 is 2.42 bits per heavy atom. The number of ether oxygens (including phenoxy) is 1. The maximum Gasteiger partial charge on any atom is 0.407 e. The van der Waals surface area contributed by atoms with Crippen LogP contribution in [-0.2, 0) is 4.74 Å². The predicted octanol–water partition coefficient (Wildman–Crippen LogP) is 1.68. The van der Waals surface area contributed by atoms with E-state index in [4.69, 9.17) is 4.74 Å². The normalized spacial score (nSPS) is 32.1. The number of rotatable bonds is 2. The molecule has 0 bridgehead atoms. The van der Waals surface area contributed by atoms with Crippen LogP contribution in [0.15, 0.2) is 0 Å². The van der Waals surface area contributed by atoms with Gasteiger partial charge in [-0.15, -0.1) is 0 Å². The van der Waals surface area contributed by atoms with Crippen LogP contribution in [0.25, 0.3) is 0 Å². The molecule has 0 radical (unpaired) electrons. The molecule has 3 nitrogen and oxygen atoms in total. The van der Waals surface area contributed by atoms with Gasteiger partial charge in [-0.2, -0.15) is 0 Å². The van der Waals surface area contributed by atoms with Crippen molar-refractivity contribution in [3.8, 4) is 0 Å². The van der Waals surface area contributed by atoms with E-state index in [1.54, 1.807) is 0 Å². The van der Waals surface area contributed by atoms with E-state index in [0.29, 0.717) is 12.0 Å². The van der Waals surface area contributed by atoms with Crippen LogP contribution in [0.1, 0.15) is 32.6 Å². The third-order valence-corrected chi connectivity index (χ3v) is 3.47. The molecule has 0 aromatic heterocycles. The molecule has 1 atom stereocenters. The van der Waals surface area contributed by atoms with Crippen LogP contribution in [0.5, 0.6) is 0 Å². The second-order valence-corrected chi connectivity index (χ2v) is 3.86. The first-order chi connectivity index (χ1) is 5.77. The standard InChI is InChI=1S/C9H15NO2/c1-2-9(4-3-5-9)7-6-12-8(11)10-7/h7H,2-6H2,1H3,(H,10,11). The summed E-state index contributed by atoms with van der Waals surface area (Å²) in [5.41, 5.74) is 0.367. The lowest BCUT2D eigenvalue weighted by atomic mass is 9.62. The van der Waals surface area contributed by atoms with Crippen LogP contribution in [0.2, 0.25) is 0 Å². The van der Waals surface area contributed by atoms with Gasteiger partial charge >= 0.3 is 6.09 Å². The summed E-state index contributed by atoms with van der Waals surface area (Å²) in [6, 6.07) is 0.281. The molecular formula is C9H15NO2. The van der Waals surface area contributed by atoms with Crippen LogP contribution in [-0.4, -0.2) is 18.7 Å². The minimum absolute atomic E-state index is 0.236. The van der Waals surface area contributed by atoms with E-state index in [2.05, 4.69) is 12.2 Å². The van der Waals surface area contributed by atoms with Crippen LogP contribution < -0.4 is 5.32 Å². The Balaban J connectivity index is 2.02. The molecule has 12 heavy (non-hydrogen) atoms. The molecule has 1 amide bonds. The number of carbonyl (C=O) groups excluding carboxylic acids is 1. The molecule has 0 spiro atoms. The van der Waals surface area contributed by atoms with Gasteiger partial charge < -0.3 is 10.1 Å². The summed E-state index contributed by atoms with van der Waals surface area (Å²) in [7, 11) is 0. The smallest absolute Gasteiger partial charge is 0.407 e. The molecule has 1 N–H and O–H groups in total. The average molecular weight is 169 g/mol. The largest absolute Gasteiger partial charge is 0.447 e. The van der Waals surface area contributed by atoms with Crippen molar-refractivity contribution in [2.75, 3.05) is 6.61 Å². The molecule has 0 aromatic carbocycles. The maximum atomic E-state index is 10.8. The quantitative estimate of drug-likeness (QED) is 0.683. The monoisotopic (exact) mass is 169 g/mol. The van der Waals surface area contributed by atoms with E-state index in [1.807, 2.05) is 0 Å². The summed E-state index contributed by atoms with van der Waals surface area (Å²) >= 11 is 0. The van der Waals surface area contributed by atoms with Gasteiger partial charge in [-0.25, -0.2) is 4.79 Å². The van der Waals surface area contributed by atoms with Crippen molar-refractivity contribution in [1.82, 2.24) is 5.32 Å². The van der Waals surface area contributed by atoms with Gasteiger partial charge in [0.05, 0.1) is 6.04 Å². The number of hydrogen-bond acceptors (Lipinski definition) is 2. The van der Waals surface area contributed by atoms with Crippen molar-refractivity contribution in [2.45, 2.75) is 38.6 Å². The van der Waals surface area contributed by atoms with Gasteiger partial charge in [0.15, 0.2) is 0 Å². The molecule has 1 aliphatic carbocycles. The molecule has 1 unspecified atom stereocenters. The van der Waals surface area contributed by atoms with Crippen molar-refractivity contribution in [1.29, 1.82) is 0 Å². The molecule has 1 saturated heterocycles. The molecule has 1 saturated carbocycles. The fourth-order valence-corrected chi connectivity index (χ4v) is 2.29. The minimum atomic E-state index is -0.236. The first-order valence-electron chi connectivity index (χ1n) is 4.70.